The number of likely N-dealkylation sites (N-methyl/N-ethyl adjacent to an activating group) is 1. The summed E-state index contributed by atoms with van der Waals surface area (Å²) in [7, 11) is 2.09. The minimum atomic E-state index is -0.584. The van der Waals surface area contributed by atoms with E-state index in [9.17, 15) is 4.39 Å². The van der Waals surface area contributed by atoms with Crippen LogP contribution in [-0.2, 0) is 0 Å². The Balaban J connectivity index is 2.28. The zero-order chi connectivity index (χ0) is 12.6. The first-order valence-electron chi connectivity index (χ1n) is 5.45. The molecule has 17 heavy (non-hydrogen) atoms. The van der Waals surface area contributed by atoms with Crippen LogP contribution in [-0.4, -0.2) is 42.6 Å². The molecule has 0 spiro atoms. The number of anilines is 1. The number of nitrogens with zero attached hydrogens (tertiary/aromatic N) is 3. The van der Waals surface area contributed by atoms with E-state index in [0.29, 0.717) is 15.4 Å². The molecule has 2 rings (SSSR count). The molecule has 1 aromatic rings. The van der Waals surface area contributed by atoms with Gasteiger partial charge >= 0.3 is 0 Å². The second-order valence-corrected chi connectivity index (χ2v) is 5.91. The Morgan fingerprint density at radius 1 is 1.53 bits per heavy atom. The van der Waals surface area contributed by atoms with Crippen LogP contribution in [0.15, 0.2) is 6.07 Å². The third-order valence-corrected chi connectivity index (χ3v) is 4.51. The van der Waals surface area contributed by atoms with Crippen LogP contribution in [0.25, 0.3) is 0 Å². The molecule has 0 aromatic carbocycles. The predicted molar refractivity (Wildman–Crippen MR) is 76.2 cm³/mol. The van der Waals surface area contributed by atoms with E-state index in [-0.39, 0.29) is 5.02 Å². The first-order valence-corrected chi connectivity index (χ1v) is 6.91. The lowest BCUT2D eigenvalue weighted by Crippen LogP contribution is -2.50. The van der Waals surface area contributed by atoms with E-state index in [4.69, 9.17) is 11.6 Å². The molecular formula is C11H14ClFIN3. The van der Waals surface area contributed by atoms with Crippen molar-refractivity contribution >= 4 is 40.0 Å². The van der Waals surface area contributed by atoms with Crippen LogP contribution in [0.5, 0.6) is 0 Å². The van der Waals surface area contributed by atoms with Crippen LogP contribution in [0.3, 0.4) is 0 Å². The van der Waals surface area contributed by atoms with Gasteiger partial charge in [0.15, 0.2) is 0 Å². The highest BCUT2D eigenvalue weighted by atomic mass is 127. The number of pyridine rings is 1. The van der Waals surface area contributed by atoms with E-state index >= 15 is 0 Å². The van der Waals surface area contributed by atoms with E-state index in [1.165, 1.54) is 0 Å². The van der Waals surface area contributed by atoms with Crippen LogP contribution in [0.1, 0.15) is 6.92 Å². The van der Waals surface area contributed by atoms with Gasteiger partial charge in [-0.15, -0.1) is 0 Å². The van der Waals surface area contributed by atoms with Crippen molar-refractivity contribution in [1.29, 1.82) is 0 Å². The molecule has 1 aliphatic rings. The van der Waals surface area contributed by atoms with Crippen molar-refractivity contribution in [2.45, 2.75) is 13.0 Å². The Labute approximate surface area is 119 Å². The van der Waals surface area contributed by atoms with Gasteiger partial charge in [-0.25, -0.2) is 4.98 Å². The minimum absolute atomic E-state index is 0.108. The Kier molecular flexibility index (Phi) is 4.10. The van der Waals surface area contributed by atoms with Crippen molar-refractivity contribution in [3.05, 3.63) is 20.6 Å². The molecule has 0 amide bonds. The molecule has 3 nitrogen and oxygen atoms in total. The molecule has 0 aliphatic carbocycles. The number of rotatable bonds is 1. The van der Waals surface area contributed by atoms with Crippen molar-refractivity contribution in [2.75, 3.05) is 31.6 Å². The van der Waals surface area contributed by atoms with Gasteiger partial charge < -0.3 is 9.80 Å². The van der Waals surface area contributed by atoms with Gasteiger partial charge in [-0.05, 0) is 42.6 Å². The molecule has 1 fully saturated rings. The number of piperazine rings is 1. The highest BCUT2D eigenvalue weighted by Gasteiger charge is 2.24. The van der Waals surface area contributed by atoms with Crippen LogP contribution in [0, 0.1) is 9.52 Å². The van der Waals surface area contributed by atoms with Crippen LogP contribution in [0.2, 0.25) is 5.02 Å². The van der Waals surface area contributed by atoms with Gasteiger partial charge in [0.1, 0.15) is 10.8 Å². The zero-order valence-corrected chi connectivity index (χ0v) is 12.7. The maximum Gasteiger partial charge on any atom is 0.234 e. The molecule has 0 radical (unpaired) electrons. The summed E-state index contributed by atoms with van der Waals surface area (Å²) in [5.41, 5.74) is 0. The van der Waals surface area contributed by atoms with E-state index in [1.54, 1.807) is 0 Å². The molecule has 2 heterocycles. The van der Waals surface area contributed by atoms with Crippen LogP contribution in [0.4, 0.5) is 10.2 Å². The molecule has 1 aromatic heterocycles. The second-order valence-electron chi connectivity index (χ2n) is 4.37. The fourth-order valence-corrected chi connectivity index (χ4v) is 2.68. The van der Waals surface area contributed by atoms with Gasteiger partial charge in [0.2, 0.25) is 5.95 Å². The molecule has 0 N–H and O–H groups in total. The average molecular weight is 370 g/mol. The number of halogens is 3. The summed E-state index contributed by atoms with van der Waals surface area (Å²) >= 11 is 7.81. The van der Waals surface area contributed by atoms with E-state index in [0.717, 1.165) is 19.6 Å². The predicted octanol–water partition coefficient (Wildman–Crippen LogP) is 2.62. The molecule has 0 saturated carbocycles. The number of hydrogen-bond acceptors (Lipinski definition) is 3. The number of aromatic nitrogens is 1. The molecule has 6 heteroatoms. The second kappa shape index (κ2) is 5.24. The first-order chi connectivity index (χ1) is 7.99. The lowest BCUT2D eigenvalue weighted by molar-refractivity contribution is 0.274. The highest BCUT2D eigenvalue weighted by Crippen LogP contribution is 2.26. The summed E-state index contributed by atoms with van der Waals surface area (Å²) in [6.45, 7) is 4.91. The summed E-state index contributed by atoms with van der Waals surface area (Å²) in [6.07, 6.45) is 0. The van der Waals surface area contributed by atoms with E-state index in [1.807, 2.05) is 28.7 Å². The van der Waals surface area contributed by atoms with Gasteiger partial charge in [-0.2, -0.15) is 4.39 Å². The Morgan fingerprint density at radius 3 is 2.82 bits per heavy atom. The van der Waals surface area contributed by atoms with Crippen LogP contribution >= 0.6 is 34.2 Å². The number of hydrogen-bond donors (Lipinski definition) is 0. The largest absolute Gasteiger partial charge is 0.351 e. The molecule has 94 valence electrons. The SMILES string of the molecule is CC1CN(C)CCN1c1cc(I)c(Cl)c(F)n1. The van der Waals surface area contributed by atoms with Crippen molar-refractivity contribution in [1.82, 2.24) is 9.88 Å². The fourth-order valence-electron chi connectivity index (χ4n) is 2.08. The average Bonchev–Trinajstić information content (AvgIpc) is 2.25. The Bertz CT molecular complexity index is 406. The van der Waals surface area contributed by atoms with Crippen LogP contribution < -0.4 is 4.90 Å². The van der Waals surface area contributed by atoms with Gasteiger partial charge in [-0.1, -0.05) is 11.6 Å². The van der Waals surface area contributed by atoms with Gasteiger partial charge in [-0.3, -0.25) is 0 Å². The molecular weight excluding hydrogens is 355 g/mol. The Morgan fingerprint density at radius 2 is 2.24 bits per heavy atom. The summed E-state index contributed by atoms with van der Waals surface area (Å²) in [4.78, 5) is 8.33. The molecule has 0 bridgehead atoms. The maximum atomic E-state index is 13.5. The summed E-state index contributed by atoms with van der Waals surface area (Å²) in [6, 6.07) is 2.17. The lowest BCUT2D eigenvalue weighted by Gasteiger charge is -2.39. The van der Waals surface area contributed by atoms with Gasteiger partial charge in [0, 0.05) is 29.2 Å². The normalized spacial score (nSPS) is 21.9. The fraction of sp³-hybridized carbons (Fsp3) is 0.545. The Hall–Kier alpha value is -0.140. The van der Waals surface area contributed by atoms with E-state index in [2.05, 4.69) is 28.8 Å². The maximum absolute atomic E-state index is 13.5. The monoisotopic (exact) mass is 369 g/mol. The quantitative estimate of drug-likeness (QED) is 0.560. The summed E-state index contributed by atoms with van der Waals surface area (Å²) in [5, 5.41) is 0.108. The molecule has 1 atom stereocenters. The van der Waals surface area contributed by atoms with Crippen molar-refractivity contribution in [3.8, 4) is 0 Å². The first kappa shape index (κ1) is 13.3. The minimum Gasteiger partial charge on any atom is -0.351 e. The smallest absolute Gasteiger partial charge is 0.234 e. The van der Waals surface area contributed by atoms with Crippen molar-refractivity contribution < 1.29 is 4.39 Å². The standard InChI is InChI=1S/C11H14ClFIN3/c1-7-6-16(2)3-4-17(7)9-5-8(14)10(12)11(13)15-9/h5,7H,3-4,6H2,1-2H3. The molecule has 1 unspecified atom stereocenters. The summed E-state index contributed by atoms with van der Waals surface area (Å²) in [5.74, 6) is 0.0941. The third-order valence-electron chi connectivity index (χ3n) is 2.98. The van der Waals surface area contributed by atoms with E-state index < -0.39 is 5.95 Å². The summed E-state index contributed by atoms with van der Waals surface area (Å²) < 4.78 is 14.2. The zero-order valence-electron chi connectivity index (χ0n) is 9.75. The molecule has 1 saturated heterocycles. The van der Waals surface area contributed by atoms with Crippen molar-refractivity contribution in [3.63, 3.8) is 0 Å². The third kappa shape index (κ3) is 2.82. The molecule has 1 aliphatic heterocycles. The van der Waals surface area contributed by atoms with Gasteiger partial charge in [0.05, 0.1) is 0 Å². The van der Waals surface area contributed by atoms with Gasteiger partial charge in [0.25, 0.3) is 0 Å². The van der Waals surface area contributed by atoms with Crippen molar-refractivity contribution in [2.24, 2.45) is 0 Å². The lowest BCUT2D eigenvalue weighted by atomic mass is 10.2. The topological polar surface area (TPSA) is 19.4 Å². The highest BCUT2D eigenvalue weighted by molar-refractivity contribution is 14.1.